The average molecular weight is 309 g/mol. The highest BCUT2D eigenvalue weighted by Gasteiger charge is 2.20. The quantitative estimate of drug-likeness (QED) is 0.948. The van der Waals surface area contributed by atoms with Gasteiger partial charge in [0.1, 0.15) is 17.3 Å². The lowest BCUT2D eigenvalue weighted by atomic mass is 10.1. The third-order valence-electron chi connectivity index (χ3n) is 2.60. The molecule has 1 aromatic carbocycles. The van der Waals surface area contributed by atoms with Crippen molar-refractivity contribution in [1.29, 1.82) is 5.26 Å². The van der Waals surface area contributed by atoms with Crippen LogP contribution in [0.25, 0.3) is 17.3 Å². The first-order chi connectivity index (χ1) is 9.54. The van der Waals surface area contributed by atoms with Crippen molar-refractivity contribution in [2.75, 3.05) is 14.1 Å². The second-order valence-electron chi connectivity index (χ2n) is 4.39. The highest BCUT2D eigenvalue weighted by Crippen LogP contribution is 2.36. The second-order valence-corrected chi connectivity index (χ2v) is 5.20. The van der Waals surface area contributed by atoms with Gasteiger partial charge in [0.15, 0.2) is 5.76 Å². The molecular weight excluding hydrogens is 297 g/mol. The topological polar surface area (TPSA) is 54.3 Å². The zero-order valence-electron chi connectivity index (χ0n) is 10.9. The standard InChI is InChI=1S/C14H11Cl2N3O/c1-19(2)7-6-12-9(8-17)14(18-20-12)13-10(15)4-3-5-11(13)16/h3-7H,1-2H3/p+1/b7-6+. The van der Waals surface area contributed by atoms with E-state index in [0.29, 0.717) is 32.6 Å². The minimum Gasteiger partial charge on any atom is -0.355 e. The van der Waals surface area contributed by atoms with Crippen LogP contribution in [0.5, 0.6) is 0 Å². The molecule has 0 fully saturated rings. The van der Waals surface area contributed by atoms with E-state index in [9.17, 15) is 5.26 Å². The van der Waals surface area contributed by atoms with Crippen molar-refractivity contribution in [3.63, 3.8) is 0 Å². The van der Waals surface area contributed by atoms with Crippen LogP contribution in [0.15, 0.2) is 28.9 Å². The number of nitriles is 1. The Morgan fingerprint density at radius 3 is 2.50 bits per heavy atom. The van der Waals surface area contributed by atoms with Crippen molar-refractivity contribution in [3.8, 4) is 17.3 Å². The van der Waals surface area contributed by atoms with Crippen LogP contribution in [0.3, 0.4) is 0 Å². The average Bonchev–Trinajstić information content (AvgIpc) is 2.79. The van der Waals surface area contributed by atoms with E-state index in [-0.39, 0.29) is 0 Å². The molecule has 0 unspecified atom stereocenters. The van der Waals surface area contributed by atoms with E-state index in [0.717, 1.165) is 4.90 Å². The van der Waals surface area contributed by atoms with Crippen LogP contribution < -0.4 is 4.90 Å². The van der Waals surface area contributed by atoms with E-state index in [1.165, 1.54) is 0 Å². The minimum atomic E-state index is 0.317. The zero-order chi connectivity index (χ0) is 14.7. The summed E-state index contributed by atoms with van der Waals surface area (Å²) in [5.41, 5.74) is 1.18. The highest BCUT2D eigenvalue weighted by molar-refractivity contribution is 6.39. The smallest absolute Gasteiger partial charge is 0.183 e. The van der Waals surface area contributed by atoms with Gasteiger partial charge in [0, 0.05) is 11.6 Å². The number of hydrogen-bond acceptors (Lipinski definition) is 3. The Bertz CT molecular complexity index is 679. The highest BCUT2D eigenvalue weighted by atomic mass is 35.5. The lowest BCUT2D eigenvalue weighted by molar-refractivity contribution is -0.800. The number of hydrogen-bond donors (Lipinski definition) is 1. The molecule has 0 aliphatic heterocycles. The van der Waals surface area contributed by atoms with Gasteiger partial charge in [-0.25, -0.2) is 0 Å². The van der Waals surface area contributed by atoms with Crippen LogP contribution in [0.2, 0.25) is 10.0 Å². The van der Waals surface area contributed by atoms with Gasteiger partial charge in [-0.15, -0.1) is 0 Å². The number of halogens is 2. The van der Waals surface area contributed by atoms with Gasteiger partial charge in [0.25, 0.3) is 0 Å². The molecule has 4 nitrogen and oxygen atoms in total. The fraction of sp³-hybridized carbons (Fsp3) is 0.143. The van der Waals surface area contributed by atoms with Crippen molar-refractivity contribution in [2.24, 2.45) is 0 Å². The molecule has 20 heavy (non-hydrogen) atoms. The lowest BCUT2D eigenvalue weighted by Crippen LogP contribution is -3.00. The minimum absolute atomic E-state index is 0.317. The Kier molecular flexibility index (Phi) is 4.46. The van der Waals surface area contributed by atoms with Crippen LogP contribution in [-0.2, 0) is 0 Å². The van der Waals surface area contributed by atoms with Crippen LogP contribution >= 0.6 is 23.2 Å². The number of rotatable bonds is 3. The van der Waals surface area contributed by atoms with E-state index < -0.39 is 0 Å². The zero-order valence-corrected chi connectivity index (χ0v) is 12.5. The van der Waals surface area contributed by atoms with E-state index in [4.69, 9.17) is 27.7 Å². The molecule has 1 N–H and O–H groups in total. The third kappa shape index (κ3) is 2.86. The van der Waals surface area contributed by atoms with Gasteiger partial charge in [-0.05, 0) is 12.1 Å². The maximum Gasteiger partial charge on any atom is 0.183 e. The summed E-state index contributed by atoms with van der Waals surface area (Å²) in [6, 6.07) is 7.20. The van der Waals surface area contributed by atoms with Crippen LogP contribution in [0.1, 0.15) is 11.3 Å². The van der Waals surface area contributed by atoms with Gasteiger partial charge in [0.05, 0.1) is 30.3 Å². The molecule has 1 aromatic heterocycles. The lowest BCUT2D eigenvalue weighted by Gasteiger charge is -2.02. The van der Waals surface area contributed by atoms with Gasteiger partial charge < -0.3 is 9.42 Å². The number of quaternary nitrogens is 1. The van der Waals surface area contributed by atoms with Crippen LogP contribution in [0.4, 0.5) is 0 Å². The Morgan fingerprint density at radius 2 is 1.95 bits per heavy atom. The molecule has 0 bridgehead atoms. The summed E-state index contributed by atoms with van der Waals surface area (Å²) in [6.07, 6.45) is 3.55. The molecule has 0 saturated carbocycles. The first-order valence-corrected chi connectivity index (χ1v) is 6.62. The summed E-state index contributed by atoms with van der Waals surface area (Å²) < 4.78 is 5.21. The Balaban J connectivity index is 2.57. The Hall–Kier alpha value is -1.80. The molecule has 6 heteroatoms. The molecule has 0 radical (unpaired) electrons. The van der Waals surface area contributed by atoms with Gasteiger partial charge in [-0.1, -0.05) is 34.4 Å². The van der Waals surface area contributed by atoms with Crippen molar-refractivity contribution in [3.05, 3.63) is 45.8 Å². The number of aromatic nitrogens is 1. The normalized spacial score (nSPS) is 11.2. The maximum atomic E-state index is 9.32. The summed E-state index contributed by atoms with van der Waals surface area (Å²) >= 11 is 12.3. The molecular formula is C14H12Cl2N3O+. The van der Waals surface area contributed by atoms with Crippen molar-refractivity contribution >= 4 is 29.3 Å². The molecule has 0 aliphatic carbocycles. The number of benzene rings is 1. The SMILES string of the molecule is C[NH+](C)/C=C/c1onc(-c2c(Cl)cccc2Cl)c1C#N. The fourth-order valence-corrected chi connectivity index (χ4v) is 2.24. The van der Waals surface area contributed by atoms with Crippen molar-refractivity contribution < 1.29 is 9.42 Å². The predicted molar refractivity (Wildman–Crippen MR) is 78.5 cm³/mol. The van der Waals surface area contributed by atoms with E-state index >= 15 is 0 Å². The summed E-state index contributed by atoms with van der Waals surface area (Å²) in [6.45, 7) is 0. The summed E-state index contributed by atoms with van der Waals surface area (Å²) in [5, 5.41) is 14.1. The maximum absolute atomic E-state index is 9.32. The summed E-state index contributed by atoms with van der Waals surface area (Å²) in [5.74, 6) is 0.389. The molecule has 2 aromatic rings. The molecule has 0 aliphatic rings. The second kappa shape index (κ2) is 6.10. The molecule has 0 amide bonds. The summed E-state index contributed by atoms with van der Waals surface area (Å²) in [4.78, 5) is 1.09. The predicted octanol–water partition coefficient (Wildman–Crippen LogP) is 2.64. The summed E-state index contributed by atoms with van der Waals surface area (Å²) in [7, 11) is 3.90. The van der Waals surface area contributed by atoms with E-state index in [1.807, 2.05) is 20.3 Å². The number of nitrogens with one attached hydrogen (secondary N) is 1. The Labute approximate surface area is 126 Å². The molecule has 102 valence electrons. The monoisotopic (exact) mass is 308 g/mol. The van der Waals surface area contributed by atoms with Gasteiger partial charge in [-0.2, -0.15) is 5.26 Å². The largest absolute Gasteiger partial charge is 0.355 e. The van der Waals surface area contributed by atoms with E-state index in [1.54, 1.807) is 24.3 Å². The van der Waals surface area contributed by atoms with Crippen LogP contribution in [0, 0.1) is 11.3 Å². The van der Waals surface area contributed by atoms with Crippen molar-refractivity contribution in [2.45, 2.75) is 0 Å². The molecule has 0 atom stereocenters. The Morgan fingerprint density at radius 1 is 1.30 bits per heavy atom. The van der Waals surface area contributed by atoms with Gasteiger partial charge >= 0.3 is 0 Å². The van der Waals surface area contributed by atoms with Gasteiger partial charge in [-0.3, -0.25) is 0 Å². The molecule has 0 saturated heterocycles. The molecule has 0 spiro atoms. The van der Waals surface area contributed by atoms with Crippen LogP contribution in [-0.4, -0.2) is 19.3 Å². The first-order valence-electron chi connectivity index (χ1n) is 5.87. The van der Waals surface area contributed by atoms with Crippen molar-refractivity contribution in [1.82, 2.24) is 5.16 Å². The van der Waals surface area contributed by atoms with Gasteiger partial charge in [0.2, 0.25) is 0 Å². The van der Waals surface area contributed by atoms with E-state index in [2.05, 4.69) is 11.2 Å². The third-order valence-corrected chi connectivity index (χ3v) is 3.23. The number of nitrogens with zero attached hydrogens (tertiary/aromatic N) is 2. The molecule has 1 heterocycles. The molecule has 2 rings (SSSR count). The fourth-order valence-electron chi connectivity index (χ4n) is 1.66. The first kappa shape index (κ1) is 14.6.